The van der Waals surface area contributed by atoms with Crippen LogP contribution in [0.4, 0.5) is 0 Å². The van der Waals surface area contributed by atoms with Crippen molar-refractivity contribution < 1.29 is 19.1 Å². The quantitative estimate of drug-likeness (QED) is 0.891. The highest BCUT2D eigenvalue weighted by atomic mass is 16.5. The van der Waals surface area contributed by atoms with Crippen molar-refractivity contribution in [1.29, 1.82) is 0 Å². The Kier molecular flexibility index (Phi) is 5.18. The average Bonchev–Trinajstić information content (AvgIpc) is 2.89. The fourth-order valence-corrected chi connectivity index (χ4v) is 3.09. The largest absolute Gasteiger partial charge is 0.455 e. The Balaban J connectivity index is 2.08. The van der Waals surface area contributed by atoms with Crippen molar-refractivity contribution in [2.45, 2.75) is 32.4 Å². The lowest BCUT2D eigenvalue weighted by Crippen LogP contribution is -2.60. The van der Waals surface area contributed by atoms with Crippen LogP contribution in [0.2, 0.25) is 0 Å². The third-order valence-electron chi connectivity index (χ3n) is 4.66. The molecule has 0 bridgehead atoms. The van der Waals surface area contributed by atoms with Crippen molar-refractivity contribution in [3.05, 3.63) is 23.7 Å². The summed E-state index contributed by atoms with van der Waals surface area (Å²) >= 11 is 0. The maximum atomic E-state index is 12.7. The van der Waals surface area contributed by atoms with E-state index in [1.165, 1.54) is 0 Å². The fourth-order valence-electron chi connectivity index (χ4n) is 3.09. The second kappa shape index (κ2) is 6.63. The SMILES string of the molecule is COC[C@]1(O)CCN(C(=O)c2ccc(CN(C)C)o2)CC1(C)C. The number of likely N-dealkylation sites (tertiary alicyclic amines) is 1. The van der Waals surface area contributed by atoms with Gasteiger partial charge >= 0.3 is 0 Å². The molecule has 1 saturated heterocycles. The predicted octanol–water partition coefficient (Wildman–Crippen LogP) is 1.59. The Morgan fingerprint density at radius 2 is 2.13 bits per heavy atom. The van der Waals surface area contributed by atoms with Crippen molar-refractivity contribution in [1.82, 2.24) is 9.80 Å². The number of rotatable bonds is 5. The third-order valence-corrected chi connectivity index (χ3v) is 4.66. The van der Waals surface area contributed by atoms with Gasteiger partial charge in [0.2, 0.25) is 0 Å². The summed E-state index contributed by atoms with van der Waals surface area (Å²) in [6.45, 7) is 5.82. The number of carbonyl (C=O) groups is 1. The van der Waals surface area contributed by atoms with Crippen LogP contribution in [0.3, 0.4) is 0 Å². The molecular weight excluding hydrogens is 296 g/mol. The smallest absolute Gasteiger partial charge is 0.289 e. The molecule has 2 heterocycles. The summed E-state index contributed by atoms with van der Waals surface area (Å²) in [4.78, 5) is 16.4. The van der Waals surface area contributed by atoms with Gasteiger partial charge in [0.1, 0.15) is 5.76 Å². The number of hydrogen-bond donors (Lipinski definition) is 1. The van der Waals surface area contributed by atoms with E-state index >= 15 is 0 Å². The number of ether oxygens (including phenoxy) is 1. The minimum atomic E-state index is -0.919. The van der Waals surface area contributed by atoms with Crippen LogP contribution in [0, 0.1) is 5.41 Å². The summed E-state index contributed by atoms with van der Waals surface area (Å²) in [6, 6.07) is 3.56. The van der Waals surface area contributed by atoms with Crippen LogP contribution in [0.5, 0.6) is 0 Å². The average molecular weight is 324 g/mol. The lowest BCUT2D eigenvalue weighted by Gasteiger charge is -2.49. The van der Waals surface area contributed by atoms with E-state index in [9.17, 15) is 9.90 Å². The van der Waals surface area contributed by atoms with E-state index in [0.717, 1.165) is 5.76 Å². The normalized spacial score (nSPS) is 24.2. The highest BCUT2D eigenvalue weighted by Crippen LogP contribution is 2.39. The predicted molar refractivity (Wildman–Crippen MR) is 87.2 cm³/mol. The number of furan rings is 1. The summed E-state index contributed by atoms with van der Waals surface area (Å²) in [5, 5.41) is 10.8. The lowest BCUT2D eigenvalue weighted by atomic mass is 9.70. The molecule has 0 saturated carbocycles. The number of hydrogen-bond acceptors (Lipinski definition) is 5. The topological polar surface area (TPSA) is 66.2 Å². The molecule has 1 N–H and O–H groups in total. The number of aliphatic hydroxyl groups is 1. The zero-order valence-electron chi connectivity index (χ0n) is 14.8. The molecule has 0 aromatic carbocycles. The van der Waals surface area contributed by atoms with Crippen molar-refractivity contribution >= 4 is 5.91 Å². The molecule has 1 atom stereocenters. The summed E-state index contributed by atoms with van der Waals surface area (Å²) in [5.41, 5.74) is -1.37. The molecule has 2 rings (SSSR count). The first-order valence-electron chi connectivity index (χ1n) is 7.92. The zero-order chi connectivity index (χ0) is 17.3. The second-order valence-corrected chi connectivity index (χ2v) is 7.33. The molecule has 1 aliphatic rings. The van der Waals surface area contributed by atoms with E-state index in [2.05, 4.69) is 0 Å². The van der Waals surface area contributed by atoms with Gasteiger partial charge in [0.15, 0.2) is 5.76 Å². The number of carbonyl (C=O) groups excluding carboxylic acids is 1. The fraction of sp³-hybridized carbons (Fsp3) is 0.706. The molecule has 130 valence electrons. The van der Waals surface area contributed by atoms with Gasteiger partial charge in [-0.05, 0) is 32.6 Å². The van der Waals surface area contributed by atoms with Gasteiger partial charge in [-0.3, -0.25) is 4.79 Å². The molecule has 1 aliphatic heterocycles. The molecule has 1 aromatic heterocycles. The maximum absolute atomic E-state index is 12.7. The first-order valence-corrected chi connectivity index (χ1v) is 7.92. The van der Waals surface area contributed by atoms with Crippen LogP contribution in [0.15, 0.2) is 16.5 Å². The number of piperidine rings is 1. The Bertz CT molecular complexity index is 553. The van der Waals surface area contributed by atoms with E-state index < -0.39 is 11.0 Å². The van der Waals surface area contributed by atoms with Crippen molar-refractivity contribution in [2.24, 2.45) is 5.41 Å². The van der Waals surface area contributed by atoms with Crippen molar-refractivity contribution in [3.63, 3.8) is 0 Å². The van der Waals surface area contributed by atoms with Gasteiger partial charge in [0.25, 0.3) is 5.91 Å². The first-order chi connectivity index (χ1) is 10.7. The molecule has 1 fully saturated rings. The highest BCUT2D eigenvalue weighted by molar-refractivity contribution is 5.91. The number of amides is 1. The van der Waals surface area contributed by atoms with Gasteiger partial charge in [-0.25, -0.2) is 0 Å². The molecule has 6 nitrogen and oxygen atoms in total. The van der Waals surface area contributed by atoms with Gasteiger partial charge in [-0.1, -0.05) is 13.8 Å². The molecule has 0 unspecified atom stereocenters. The highest BCUT2D eigenvalue weighted by Gasteiger charge is 2.48. The summed E-state index contributed by atoms with van der Waals surface area (Å²) in [6.07, 6.45) is 0.491. The van der Waals surface area contributed by atoms with E-state index in [4.69, 9.17) is 9.15 Å². The van der Waals surface area contributed by atoms with Crippen LogP contribution < -0.4 is 0 Å². The zero-order valence-corrected chi connectivity index (χ0v) is 14.8. The van der Waals surface area contributed by atoms with Gasteiger partial charge in [0, 0.05) is 25.6 Å². The Morgan fingerprint density at radius 1 is 1.43 bits per heavy atom. The van der Waals surface area contributed by atoms with Gasteiger partial charge < -0.3 is 24.1 Å². The Morgan fingerprint density at radius 3 is 2.70 bits per heavy atom. The minimum absolute atomic E-state index is 0.123. The van der Waals surface area contributed by atoms with Crippen molar-refractivity contribution in [2.75, 3.05) is 40.9 Å². The summed E-state index contributed by atoms with van der Waals surface area (Å²) in [7, 11) is 5.49. The Labute approximate surface area is 138 Å². The van der Waals surface area contributed by atoms with E-state index in [1.54, 1.807) is 18.1 Å². The Hall–Kier alpha value is -1.37. The maximum Gasteiger partial charge on any atom is 0.289 e. The van der Waals surface area contributed by atoms with Crippen LogP contribution in [0.25, 0.3) is 0 Å². The third kappa shape index (κ3) is 3.76. The van der Waals surface area contributed by atoms with E-state index in [0.29, 0.717) is 31.8 Å². The molecule has 1 aromatic rings. The second-order valence-electron chi connectivity index (χ2n) is 7.33. The molecule has 6 heteroatoms. The van der Waals surface area contributed by atoms with E-state index in [-0.39, 0.29) is 12.5 Å². The molecule has 0 radical (unpaired) electrons. The van der Waals surface area contributed by atoms with E-state index in [1.807, 2.05) is 38.9 Å². The van der Waals surface area contributed by atoms with Crippen LogP contribution >= 0.6 is 0 Å². The van der Waals surface area contributed by atoms with Gasteiger partial charge in [-0.15, -0.1) is 0 Å². The number of nitrogens with zero attached hydrogens (tertiary/aromatic N) is 2. The van der Waals surface area contributed by atoms with Gasteiger partial charge in [-0.2, -0.15) is 0 Å². The van der Waals surface area contributed by atoms with Gasteiger partial charge in [0.05, 0.1) is 18.8 Å². The molecule has 1 amide bonds. The molecule has 0 spiro atoms. The summed E-state index contributed by atoms with van der Waals surface area (Å²) < 4.78 is 10.8. The van der Waals surface area contributed by atoms with Crippen LogP contribution in [-0.4, -0.2) is 67.3 Å². The molecule has 0 aliphatic carbocycles. The van der Waals surface area contributed by atoms with Crippen LogP contribution in [-0.2, 0) is 11.3 Å². The first kappa shape index (κ1) is 18.0. The summed E-state index contributed by atoms with van der Waals surface area (Å²) in [5.74, 6) is 1.00. The van der Waals surface area contributed by atoms with Crippen LogP contribution in [0.1, 0.15) is 36.6 Å². The standard InChI is InChI=1S/C17H28N2O4/c1-16(2)11-19(9-8-17(16,21)12-22-5)15(20)14-7-6-13(23-14)10-18(3)4/h6-7,21H,8-12H2,1-5H3/t17-/m1/s1. The lowest BCUT2D eigenvalue weighted by molar-refractivity contribution is -0.144. The number of methoxy groups -OCH3 is 1. The monoisotopic (exact) mass is 324 g/mol. The van der Waals surface area contributed by atoms with Crippen molar-refractivity contribution in [3.8, 4) is 0 Å². The minimum Gasteiger partial charge on any atom is -0.455 e. The molecular formula is C17H28N2O4. The molecule has 23 heavy (non-hydrogen) atoms.